The first-order chi connectivity index (χ1) is 15.9. The van der Waals surface area contributed by atoms with E-state index in [1.165, 1.54) is 64.2 Å². The van der Waals surface area contributed by atoms with Gasteiger partial charge in [-0.15, -0.1) is 0 Å². The quantitative estimate of drug-likeness (QED) is 0.341. The summed E-state index contributed by atoms with van der Waals surface area (Å²) in [6, 6.07) is 0.345. The minimum Gasteiger partial charge on any atom is -0.393 e. The third-order valence-corrected chi connectivity index (χ3v) is 9.69. The lowest BCUT2D eigenvalue weighted by atomic mass is 9.51. The summed E-state index contributed by atoms with van der Waals surface area (Å²) in [5.74, 6) is 2.71. The molecule has 3 saturated carbocycles. The van der Waals surface area contributed by atoms with E-state index >= 15 is 0 Å². The Morgan fingerprint density at radius 1 is 1.15 bits per heavy atom. The molecule has 0 heterocycles. The lowest BCUT2D eigenvalue weighted by Gasteiger charge is -2.54. The van der Waals surface area contributed by atoms with Crippen molar-refractivity contribution in [2.45, 2.75) is 142 Å². The fraction of sp³-hybridized carbons (Fsp3) is 0.966. The van der Waals surface area contributed by atoms with Gasteiger partial charge in [-0.2, -0.15) is 0 Å². The molecule has 0 saturated heterocycles. The number of aliphatic hydroxyl groups excluding tert-OH is 1. The zero-order valence-electron chi connectivity index (χ0n) is 22.1. The Kier molecular flexibility index (Phi) is 10.6. The van der Waals surface area contributed by atoms with Gasteiger partial charge in [-0.1, -0.05) is 72.6 Å². The molecular weight excluding hydrogens is 410 g/mol. The SMILES string of the molecule is CCCC1C(CC)CC1(C)CCCC(C)C1CC(OCC(=O)NC2CCCCC2)CCC1O. The monoisotopic (exact) mass is 463 g/mol. The molecule has 1 amide bonds. The molecule has 3 fully saturated rings. The second kappa shape index (κ2) is 12.9. The maximum atomic E-state index is 12.3. The van der Waals surface area contributed by atoms with Crippen molar-refractivity contribution in [3.8, 4) is 0 Å². The highest BCUT2D eigenvalue weighted by atomic mass is 16.5. The first kappa shape index (κ1) is 27.0. The van der Waals surface area contributed by atoms with Crippen molar-refractivity contribution in [2.75, 3.05) is 6.61 Å². The lowest BCUT2D eigenvalue weighted by Crippen LogP contribution is -2.45. The summed E-state index contributed by atoms with van der Waals surface area (Å²) in [6.45, 7) is 9.72. The molecule has 2 N–H and O–H groups in total. The number of carbonyl (C=O) groups excluding carboxylic acids is 1. The average molecular weight is 464 g/mol. The van der Waals surface area contributed by atoms with Crippen molar-refractivity contribution in [3.63, 3.8) is 0 Å². The Bertz CT molecular complexity index is 589. The molecule has 192 valence electrons. The number of amides is 1. The van der Waals surface area contributed by atoms with Gasteiger partial charge < -0.3 is 15.2 Å². The molecule has 0 spiro atoms. The molecule has 0 aromatic heterocycles. The van der Waals surface area contributed by atoms with Crippen molar-refractivity contribution in [3.05, 3.63) is 0 Å². The van der Waals surface area contributed by atoms with E-state index in [0.717, 1.165) is 43.9 Å². The molecular formula is C29H53NO3. The van der Waals surface area contributed by atoms with Crippen LogP contribution in [0.1, 0.15) is 124 Å². The molecule has 3 aliphatic carbocycles. The van der Waals surface area contributed by atoms with E-state index < -0.39 is 0 Å². The highest BCUT2D eigenvalue weighted by Crippen LogP contribution is 2.57. The fourth-order valence-electron chi connectivity index (χ4n) is 7.58. The van der Waals surface area contributed by atoms with E-state index in [1.54, 1.807) is 0 Å². The minimum absolute atomic E-state index is 0.0402. The predicted octanol–water partition coefficient (Wildman–Crippen LogP) is 6.64. The lowest BCUT2D eigenvalue weighted by molar-refractivity contribution is -0.131. The van der Waals surface area contributed by atoms with Crippen LogP contribution in [0.4, 0.5) is 0 Å². The third kappa shape index (κ3) is 7.43. The van der Waals surface area contributed by atoms with Gasteiger partial charge in [0, 0.05) is 6.04 Å². The molecule has 3 rings (SSSR count). The Labute approximate surface area is 204 Å². The van der Waals surface area contributed by atoms with Gasteiger partial charge in [-0.05, 0) is 80.5 Å². The molecule has 4 heteroatoms. The van der Waals surface area contributed by atoms with Crippen LogP contribution < -0.4 is 5.32 Å². The Balaban J connectivity index is 1.38. The van der Waals surface area contributed by atoms with Crippen LogP contribution in [0.15, 0.2) is 0 Å². The number of carbonyl (C=O) groups is 1. The van der Waals surface area contributed by atoms with Crippen molar-refractivity contribution in [1.29, 1.82) is 0 Å². The van der Waals surface area contributed by atoms with Crippen LogP contribution in [0.25, 0.3) is 0 Å². The molecule has 0 aromatic carbocycles. The van der Waals surface area contributed by atoms with E-state index in [4.69, 9.17) is 4.74 Å². The second-order valence-corrected chi connectivity index (χ2v) is 12.2. The van der Waals surface area contributed by atoms with E-state index in [9.17, 15) is 9.90 Å². The largest absolute Gasteiger partial charge is 0.393 e. The zero-order chi connectivity index (χ0) is 23.8. The van der Waals surface area contributed by atoms with E-state index in [2.05, 4.69) is 33.0 Å². The van der Waals surface area contributed by atoms with Gasteiger partial charge in [0.25, 0.3) is 0 Å². The van der Waals surface area contributed by atoms with Crippen LogP contribution in [0.5, 0.6) is 0 Å². The van der Waals surface area contributed by atoms with E-state index in [-0.39, 0.29) is 24.7 Å². The van der Waals surface area contributed by atoms with Crippen LogP contribution in [0.3, 0.4) is 0 Å². The van der Waals surface area contributed by atoms with Crippen LogP contribution in [0.2, 0.25) is 0 Å². The van der Waals surface area contributed by atoms with Gasteiger partial charge in [0.2, 0.25) is 5.91 Å². The molecule has 7 unspecified atom stereocenters. The number of hydrogen-bond acceptors (Lipinski definition) is 3. The van der Waals surface area contributed by atoms with Crippen LogP contribution >= 0.6 is 0 Å². The molecule has 0 bridgehead atoms. The highest BCUT2D eigenvalue weighted by Gasteiger charge is 2.48. The van der Waals surface area contributed by atoms with Crippen molar-refractivity contribution < 1.29 is 14.6 Å². The fourth-order valence-corrected chi connectivity index (χ4v) is 7.58. The third-order valence-electron chi connectivity index (χ3n) is 9.69. The summed E-state index contributed by atoms with van der Waals surface area (Å²) < 4.78 is 6.04. The van der Waals surface area contributed by atoms with Crippen molar-refractivity contribution >= 4 is 5.91 Å². The Morgan fingerprint density at radius 2 is 1.91 bits per heavy atom. The van der Waals surface area contributed by atoms with Crippen LogP contribution in [-0.4, -0.2) is 35.9 Å². The summed E-state index contributed by atoms with van der Waals surface area (Å²) in [6.07, 6.45) is 17.7. The summed E-state index contributed by atoms with van der Waals surface area (Å²) in [4.78, 5) is 12.3. The minimum atomic E-state index is -0.215. The maximum Gasteiger partial charge on any atom is 0.246 e. The Morgan fingerprint density at radius 3 is 2.61 bits per heavy atom. The van der Waals surface area contributed by atoms with E-state index in [1.807, 2.05) is 0 Å². The average Bonchev–Trinajstić information content (AvgIpc) is 2.81. The standard InChI is InChI=1S/C29H53NO3/c1-5-11-26-22(6-2)19-29(26,4)17-10-12-21(3)25-18-24(15-16-27(25)31)33-20-28(32)30-23-13-8-7-9-14-23/h21-27,31H,5-20H2,1-4H3,(H,30,32). The van der Waals surface area contributed by atoms with Gasteiger partial charge in [0.1, 0.15) is 6.61 Å². The predicted molar refractivity (Wildman–Crippen MR) is 136 cm³/mol. The number of aliphatic hydroxyl groups is 1. The molecule has 0 aliphatic heterocycles. The van der Waals surface area contributed by atoms with Crippen molar-refractivity contribution in [2.24, 2.45) is 29.1 Å². The topological polar surface area (TPSA) is 58.6 Å². The van der Waals surface area contributed by atoms with Crippen LogP contribution in [0, 0.1) is 29.1 Å². The normalized spacial score (nSPS) is 36.2. The van der Waals surface area contributed by atoms with Gasteiger partial charge in [0.15, 0.2) is 0 Å². The number of rotatable bonds is 12. The van der Waals surface area contributed by atoms with E-state index in [0.29, 0.717) is 23.3 Å². The summed E-state index contributed by atoms with van der Waals surface area (Å²) in [5.41, 5.74) is 0.541. The first-order valence-electron chi connectivity index (χ1n) is 14.4. The van der Waals surface area contributed by atoms with Gasteiger partial charge >= 0.3 is 0 Å². The zero-order valence-corrected chi connectivity index (χ0v) is 22.1. The molecule has 4 nitrogen and oxygen atoms in total. The first-order valence-corrected chi connectivity index (χ1v) is 14.4. The molecule has 0 aromatic rings. The molecule has 3 aliphatic rings. The van der Waals surface area contributed by atoms with Crippen LogP contribution in [-0.2, 0) is 9.53 Å². The molecule has 33 heavy (non-hydrogen) atoms. The smallest absolute Gasteiger partial charge is 0.246 e. The molecule has 7 atom stereocenters. The van der Waals surface area contributed by atoms with Gasteiger partial charge in [0.05, 0.1) is 12.2 Å². The van der Waals surface area contributed by atoms with Gasteiger partial charge in [-0.25, -0.2) is 0 Å². The summed E-state index contributed by atoms with van der Waals surface area (Å²) in [7, 11) is 0. The van der Waals surface area contributed by atoms with Crippen molar-refractivity contribution in [1.82, 2.24) is 5.32 Å². The summed E-state index contributed by atoms with van der Waals surface area (Å²) >= 11 is 0. The number of hydrogen-bond donors (Lipinski definition) is 2. The number of nitrogens with one attached hydrogen (secondary N) is 1. The second-order valence-electron chi connectivity index (χ2n) is 12.2. The summed E-state index contributed by atoms with van der Waals surface area (Å²) in [5, 5.41) is 13.9. The number of ether oxygens (including phenoxy) is 1. The molecule has 0 radical (unpaired) electrons. The Hall–Kier alpha value is -0.610. The maximum absolute atomic E-state index is 12.3. The highest BCUT2D eigenvalue weighted by molar-refractivity contribution is 5.77. The van der Waals surface area contributed by atoms with Gasteiger partial charge in [-0.3, -0.25) is 4.79 Å².